The van der Waals surface area contributed by atoms with Crippen LogP contribution in [0.15, 0.2) is 41.5 Å². The van der Waals surface area contributed by atoms with Crippen LogP contribution in [0.1, 0.15) is 5.56 Å². The smallest absolute Gasteiger partial charge is 0.315 e. The Morgan fingerprint density at radius 1 is 1.26 bits per heavy atom. The number of nitrogens with zero attached hydrogens (tertiary/aromatic N) is 2. The van der Waals surface area contributed by atoms with Crippen LogP contribution in [0.4, 0.5) is 11.4 Å². The number of phenols is 1. The van der Waals surface area contributed by atoms with Crippen molar-refractivity contribution >= 4 is 23.5 Å². The fourth-order valence-corrected chi connectivity index (χ4v) is 2.09. The molecule has 2 aromatic rings. The minimum atomic E-state index is -0.744. The summed E-state index contributed by atoms with van der Waals surface area (Å²) in [4.78, 5) is 22.0. The summed E-state index contributed by atoms with van der Waals surface area (Å²) in [6.45, 7) is -0.0251. The van der Waals surface area contributed by atoms with Crippen molar-refractivity contribution < 1.29 is 24.3 Å². The molecule has 27 heavy (non-hydrogen) atoms. The molecule has 142 valence electrons. The molecule has 0 spiro atoms. The molecule has 0 atom stereocenters. The first-order chi connectivity index (χ1) is 12.9. The van der Waals surface area contributed by atoms with E-state index in [1.54, 1.807) is 31.4 Å². The molecular formula is C17H18N4O6. The standard InChI is InChI=1S/C17H18N4O6/c1-26-13-5-3-12(4-6-13)18-10-16(22)20-19-9-11-7-14(21(24)25)17(23)15(8-11)27-2/h3-9,18,23H,10H2,1-2H3,(H,20,22)/b19-9+. The number of phenolic OH excluding ortho intramolecular Hbond substituents is 1. The van der Waals surface area contributed by atoms with E-state index in [0.29, 0.717) is 5.75 Å². The van der Waals surface area contributed by atoms with Gasteiger partial charge in [-0.3, -0.25) is 14.9 Å². The minimum absolute atomic E-state index is 0.0251. The molecular weight excluding hydrogens is 356 g/mol. The highest BCUT2D eigenvalue weighted by molar-refractivity contribution is 5.86. The highest BCUT2D eigenvalue weighted by atomic mass is 16.6. The molecule has 0 fully saturated rings. The van der Waals surface area contributed by atoms with Gasteiger partial charge >= 0.3 is 5.69 Å². The monoisotopic (exact) mass is 374 g/mol. The summed E-state index contributed by atoms with van der Waals surface area (Å²) in [5.74, 6) is -0.360. The molecule has 1 amide bonds. The Hall–Kier alpha value is -3.82. The molecule has 10 nitrogen and oxygen atoms in total. The third-order valence-corrected chi connectivity index (χ3v) is 3.44. The number of aromatic hydroxyl groups is 1. The molecule has 0 aromatic heterocycles. The zero-order valence-electron chi connectivity index (χ0n) is 14.6. The maximum absolute atomic E-state index is 11.8. The topological polar surface area (TPSA) is 135 Å². The highest BCUT2D eigenvalue weighted by Gasteiger charge is 2.19. The molecule has 0 unspecified atom stereocenters. The molecule has 2 aromatic carbocycles. The van der Waals surface area contributed by atoms with Crippen LogP contribution < -0.4 is 20.2 Å². The average Bonchev–Trinajstić information content (AvgIpc) is 2.67. The number of hydrogen-bond acceptors (Lipinski definition) is 8. The second-order valence-electron chi connectivity index (χ2n) is 5.22. The Labute approximate surface area is 154 Å². The number of rotatable bonds is 8. The number of hydrogen-bond donors (Lipinski definition) is 3. The van der Waals surface area contributed by atoms with Crippen LogP contribution in [0.2, 0.25) is 0 Å². The molecule has 0 aliphatic carbocycles. The molecule has 3 N–H and O–H groups in total. The van der Waals surface area contributed by atoms with Gasteiger partial charge in [-0.2, -0.15) is 5.10 Å². The summed E-state index contributed by atoms with van der Waals surface area (Å²) in [5.41, 5.74) is 2.78. The SMILES string of the molecule is COc1ccc(NCC(=O)N/N=C/c2cc(OC)c(O)c([N+](=O)[O-])c2)cc1. The first kappa shape index (κ1) is 19.5. The predicted octanol–water partition coefficient (Wildman–Crippen LogP) is 1.88. The van der Waals surface area contributed by atoms with E-state index in [9.17, 15) is 20.0 Å². The van der Waals surface area contributed by atoms with E-state index >= 15 is 0 Å². The molecule has 2 rings (SSSR count). The fourth-order valence-electron chi connectivity index (χ4n) is 2.09. The van der Waals surface area contributed by atoms with Crippen molar-refractivity contribution in [3.8, 4) is 17.2 Å². The van der Waals surface area contributed by atoms with Crippen LogP contribution in [0, 0.1) is 10.1 Å². The first-order valence-corrected chi connectivity index (χ1v) is 7.69. The Balaban J connectivity index is 1.94. The highest BCUT2D eigenvalue weighted by Crippen LogP contribution is 2.36. The summed E-state index contributed by atoms with van der Waals surface area (Å²) >= 11 is 0. The Kier molecular flexibility index (Phi) is 6.53. The van der Waals surface area contributed by atoms with Crippen LogP contribution in [-0.4, -0.2) is 42.9 Å². The third kappa shape index (κ3) is 5.33. The zero-order valence-corrected chi connectivity index (χ0v) is 14.6. The fraction of sp³-hybridized carbons (Fsp3) is 0.176. The number of amides is 1. The van der Waals surface area contributed by atoms with Gasteiger partial charge in [0.1, 0.15) is 5.75 Å². The third-order valence-electron chi connectivity index (χ3n) is 3.44. The van der Waals surface area contributed by atoms with Crippen molar-refractivity contribution in [2.24, 2.45) is 5.10 Å². The van der Waals surface area contributed by atoms with Crippen molar-refractivity contribution in [2.75, 3.05) is 26.1 Å². The average molecular weight is 374 g/mol. The van der Waals surface area contributed by atoms with Crippen molar-refractivity contribution in [2.45, 2.75) is 0 Å². The van der Waals surface area contributed by atoms with Gasteiger partial charge in [-0.15, -0.1) is 0 Å². The molecule has 0 radical (unpaired) electrons. The largest absolute Gasteiger partial charge is 0.500 e. The van der Waals surface area contributed by atoms with Crippen molar-refractivity contribution in [1.29, 1.82) is 0 Å². The number of methoxy groups -OCH3 is 2. The summed E-state index contributed by atoms with van der Waals surface area (Å²) in [5, 5.41) is 27.3. The van der Waals surface area contributed by atoms with Crippen molar-refractivity contribution in [1.82, 2.24) is 5.43 Å². The summed E-state index contributed by atoms with van der Waals surface area (Å²) in [6, 6.07) is 9.50. The van der Waals surface area contributed by atoms with E-state index in [4.69, 9.17) is 9.47 Å². The normalized spacial score (nSPS) is 10.4. The Bertz CT molecular complexity index is 851. The van der Waals surface area contributed by atoms with Gasteiger partial charge in [0.15, 0.2) is 5.75 Å². The molecule has 0 saturated heterocycles. The van der Waals surface area contributed by atoms with Crippen molar-refractivity contribution in [3.63, 3.8) is 0 Å². The Morgan fingerprint density at radius 2 is 1.96 bits per heavy atom. The van der Waals surface area contributed by atoms with E-state index in [-0.39, 0.29) is 17.9 Å². The Morgan fingerprint density at radius 3 is 2.56 bits per heavy atom. The van der Waals surface area contributed by atoms with Gasteiger partial charge in [0, 0.05) is 17.3 Å². The van der Waals surface area contributed by atoms with Crippen LogP contribution in [0.5, 0.6) is 17.2 Å². The molecule has 0 heterocycles. The lowest BCUT2D eigenvalue weighted by Crippen LogP contribution is -2.25. The molecule has 0 saturated carbocycles. The second-order valence-corrected chi connectivity index (χ2v) is 5.22. The minimum Gasteiger partial charge on any atom is -0.500 e. The van der Waals surface area contributed by atoms with Gasteiger partial charge in [0.05, 0.1) is 31.9 Å². The van der Waals surface area contributed by atoms with E-state index in [1.165, 1.54) is 19.4 Å². The quantitative estimate of drug-likeness (QED) is 0.365. The van der Waals surface area contributed by atoms with Gasteiger partial charge in [0.2, 0.25) is 5.75 Å². The second kappa shape index (κ2) is 9.04. The van der Waals surface area contributed by atoms with Gasteiger partial charge in [-0.1, -0.05) is 0 Å². The number of nitro groups is 1. The van der Waals surface area contributed by atoms with E-state index < -0.39 is 22.3 Å². The predicted molar refractivity (Wildman–Crippen MR) is 98.5 cm³/mol. The van der Waals surface area contributed by atoms with E-state index in [1.807, 2.05) is 0 Å². The lowest BCUT2D eigenvalue weighted by molar-refractivity contribution is -0.386. The number of benzene rings is 2. The van der Waals surface area contributed by atoms with Crippen LogP contribution in [0.25, 0.3) is 0 Å². The van der Waals surface area contributed by atoms with Crippen LogP contribution in [-0.2, 0) is 4.79 Å². The van der Waals surface area contributed by atoms with Crippen LogP contribution >= 0.6 is 0 Å². The molecule has 0 bridgehead atoms. The number of hydrazone groups is 1. The van der Waals surface area contributed by atoms with Gasteiger partial charge in [0.25, 0.3) is 5.91 Å². The first-order valence-electron chi connectivity index (χ1n) is 7.69. The molecule has 0 aliphatic heterocycles. The number of carbonyl (C=O) groups is 1. The summed E-state index contributed by atoms with van der Waals surface area (Å²) in [7, 11) is 2.83. The molecule has 10 heteroatoms. The lowest BCUT2D eigenvalue weighted by Gasteiger charge is -2.06. The maximum Gasteiger partial charge on any atom is 0.315 e. The van der Waals surface area contributed by atoms with Crippen molar-refractivity contribution in [3.05, 3.63) is 52.1 Å². The number of anilines is 1. The number of nitrogens with one attached hydrogen (secondary N) is 2. The molecule has 0 aliphatic rings. The zero-order chi connectivity index (χ0) is 19.8. The van der Waals surface area contributed by atoms with Gasteiger partial charge in [-0.25, -0.2) is 5.43 Å². The van der Waals surface area contributed by atoms with Gasteiger partial charge in [-0.05, 0) is 30.3 Å². The number of nitro benzene ring substituents is 1. The summed E-state index contributed by atoms with van der Waals surface area (Å²) < 4.78 is 9.93. The van der Waals surface area contributed by atoms with Gasteiger partial charge < -0.3 is 19.9 Å². The maximum atomic E-state index is 11.8. The van der Waals surface area contributed by atoms with Crippen LogP contribution in [0.3, 0.4) is 0 Å². The summed E-state index contributed by atoms with van der Waals surface area (Å²) in [6.07, 6.45) is 1.21. The van der Waals surface area contributed by atoms with E-state index in [2.05, 4.69) is 15.8 Å². The number of carbonyl (C=O) groups excluding carboxylic acids is 1. The number of ether oxygens (including phenoxy) is 2. The lowest BCUT2D eigenvalue weighted by atomic mass is 10.2. The van der Waals surface area contributed by atoms with E-state index in [0.717, 1.165) is 11.8 Å².